The number of para-hydroxylation sites is 3. The van der Waals surface area contributed by atoms with E-state index in [9.17, 15) is 0 Å². The Hall–Kier alpha value is -7.40. The molecular formula is C54H33NO2S. The fourth-order valence-electron chi connectivity index (χ4n) is 8.73. The maximum atomic E-state index is 6.86. The van der Waals surface area contributed by atoms with Crippen LogP contribution >= 0.6 is 11.3 Å². The largest absolute Gasteiger partial charge is 0.455 e. The Bertz CT molecular complexity index is 3340. The molecule has 0 aliphatic carbocycles. The number of thiophene rings is 1. The third kappa shape index (κ3) is 5.19. The van der Waals surface area contributed by atoms with Crippen LogP contribution in [0.2, 0.25) is 0 Å². The molecule has 0 unspecified atom stereocenters. The first-order valence-electron chi connectivity index (χ1n) is 19.6. The van der Waals surface area contributed by atoms with Gasteiger partial charge in [-0.1, -0.05) is 146 Å². The molecule has 0 N–H and O–H groups in total. The Kier molecular flexibility index (Phi) is 7.40. The number of hydrogen-bond acceptors (Lipinski definition) is 4. The predicted octanol–water partition coefficient (Wildman–Crippen LogP) is 16.3. The van der Waals surface area contributed by atoms with Gasteiger partial charge in [0.15, 0.2) is 5.58 Å². The molecule has 0 aliphatic heterocycles. The van der Waals surface area contributed by atoms with E-state index in [-0.39, 0.29) is 0 Å². The molecular weight excluding hydrogens is 727 g/mol. The molecule has 58 heavy (non-hydrogen) atoms. The highest BCUT2D eigenvalue weighted by Crippen LogP contribution is 2.45. The lowest BCUT2D eigenvalue weighted by atomic mass is 10.0. The standard InChI is InChI=1S/C54H33NO2S/c1-2-11-34(12-3-1)37-27-32-43-46-18-10-20-48(53(46)57-50(43)33-37)55(38-28-23-35(24-29-38)40-15-8-17-45-42-13-4-6-21-49(42)56-52(40)45)39-30-25-36(26-31-39)41-16-9-19-47-44-14-5-7-22-51(44)58-54(41)47/h1-33H. The van der Waals surface area contributed by atoms with Crippen molar-refractivity contribution in [1.82, 2.24) is 0 Å². The van der Waals surface area contributed by atoms with Gasteiger partial charge in [-0.05, 0) is 82.4 Å². The molecule has 0 bridgehead atoms. The van der Waals surface area contributed by atoms with Gasteiger partial charge in [0, 0.05) is 58.7 Å². The van der Waals surface area contributed by atoms with Gasteiger partial charge in [-0.15, -0.1) is 11.3 Å². The fourth-order valence-corrected chi connectivity index (χ4v) is 9.96. The predicted molar refractivity (Wildman–Crippen MR) is 245 cm³/mol. The lowest BCUT2D eigenvalue weighted by molar-refractivity contribution is 0.669. The van der Waals surface area contributed by atoms with Crippen molar-refractivity contribution in [2.45, 2.75) is 0 Å². The molecule has 0 atom stereocenters. The molecule has 0 fully saturated rings. The van der Waals surface area contributed by atoms with Crippen molar-refractivity contribution in [3.05, 3.63) is 200 Å². The molecule has 0 amide bonds. The van der Waals surface area contributed by atoms with E-state index in [1.54, 1.807) is 0 Å². The summed E-state index contributed by atoms with van der Waals surface area (Å²) >= 11 is 1.86. The van der Waals surface area contributed by atoms with Gasteiger partial charge in [-0.25, -0.2) is 0 Å². The van der Waals surface area contributed by atoms with Crippen LogP contribution in [-0.4, -0.2) is 0 Å². The van der Waals surface area contributed by atoms with Gasteiger partial charge in [0.2, 0.25) is 0 Å². The molecule has 0 radical (unpaired) electrons. The smallest absolute Gasteiger partial charge is 0.159 e. The quantitative estimate of drug-likeness (QED) is 0.169. The monoisotopic (exact) mass is 759 g/mol. The second-order valence-corrected chi connectivity index (χ2v) is 15.9. The minimum atomic E-state index is 0.845. The molecule has 3 nitrogen and oxygen atoms in total. The summed E-state index contributed by atoms with van der Waals surface area (Å²) in [6, 6.07) is 71.3. The van der Waals surface area contributed by atoms with Crippen molar-refractivity contribution in [1.29, 1.82) is 0 Å². The van der Waals surface area contributed by atoms with Crippen LogP contribution in [-0.2, 0) is 0 Å². The zero-order valence-corrected chi connectivity index (χ0v) is 32.0. The Morgan fingerprint density at radius 2 is 0.914 bits per heavy atom. The van der Waals surface area contributed by atoms with Gasteiger partial charge in [0.25, 0.3) is 0 Å². The zero-order valence-electron chi connectivity index (χ0n) is 31.2. The summed E-state index contributed by atoms with van der Waals surface area (Å²) < 4.78 is 15.9. The third-order valence-electron chi connectivity index (χ3n) is 11.5. The Balaban J connectivity index is 1.01. The van der Waals surface area contributed by atoms with E-state index < -0.39 is 0 Å². The van der Waals surface area contributed by atoms with E-state index in [1.165, 1.54) is 31.3 Å². The van der Waals surface area contributed by atoms with Crippen LogP contribution in [0.5, 0.6) is 0 Å². The fraction of sp³-hybridized carbons (Fsp3) is 0. The maximum absolute atomic E-state index is 6.86. The number of fused-ring (bicyclic) bond motifs is 9. The summed E-state index contributed by atoms with van der Waals surface area (Å²) in [5, 5.41) is 7.04. The topological polar surface area (TPSA) is 29.5 Å². The van der Waals surface area contributed by atoms with Crippen molar-refractivity contribution >= 4 is 92.4 Å². The van der Waals surface area contributed by atoms with E-state index in [0.717, 1.165) is 83.2 Å². The number of anilines is 3. The van der Waals surface area contributed by atoms with Gasteiger partial charge in [0.1, 0.15) is 16.7 Å². The van der Waals surface area contributed by atoms with Crippen molar-refractivity contribution in [2.75, 3.05) is 4.90 Å². The average Bonchev–Trinajstić information content (AvgIpc) is 3.99. The molecule has 0 saturated heterocycles. The molecule has 9 aromatic carbocycles. The highest BCUT2D eigenvalue weighted by Gasteiger charge is 2.21. The summed E-state index contributed by atoms with van der Waals surface area (Å²) in [6.45, 7) is 0. The van der Waals surface area contributed by atoms with Crippen LogP contribution in [0, 0.1) is 0 Å². The van der Waals surface area contributed by atoms with Crippen LogP contribution in [0.4, 0.5) is 17.1 Å². The van der Waals surface area contributed by atoms with Gasteiger partial charge >= 0.3 is 0 Å². The summed E-state index contributed by atoms with van der Waals surface area (Å²) in [4.78, 5) is 2.32. The lowest BCUT2D eigenvalue weighted by Crippen LogP contribution is -2.10. The van der Waals surface area contributed by atoms with E-state index in [4.69, 9.17) is 8.83 Å². The van der Waals surface area contributed by atoms with E-state index in [0.29, 0.717) is 0 Å². The van der Waals surface area contributed by atoms with Gasteiger partial charge in [-0.2, -0.15) is 0 Å². The van der Waals surface area contributed by atoms with Crippen molar-refractivity contribution in [3.63, 3.8) is 0 Å². The minimum absolute atomic E-state index is 0.845. The molecule has 0 spiro atoms. The Labute approximate surface area is 338 Å². The number of furan rings is 2. The minimum Gasteiger partial charge on any atom is -0.455 e. The Morgan fingerprint density at radius 3 is 1.71 bits per heavy atom. The Morgan fingerprint density at radius 1 is 0.345 bits per heavy atom. The lowest BCUT2D eigenvalue weighted by Gasteiger charge is -2.26. The second kappa shape index (κ2) is 13.1. The summed E-state index contributed by atoms with van der Waals surface area (Å²) in [5.41, 5.74) is 13.4. The van der Waals surface area contributed by atoms with E-state index in [2.05, 4.69) is 187 Å². The van der Waals surface area contributed by atoms with Crippen molar-refractivity contribution in [3.8, 4) is 33.4 Å². The van der Waals surface area contributed by atoms with Crippen LogP contribution in [0.1, 0.15) is 0 Å². The number of rotatable bonds is 6. The first kappa shape index (κ1) is 32.8. The molecule has 12 rings (SSSR count). The first-order valence-corrected chi connectivity index (χ1v) is 20.4. The zero-order chi connectivity index (χ0) is 38.2. The number of hydrogen-bond donors (Lipinski definition) is 0. The molecule has 3 aromatic heterocycles. The molecule has 12 aromatic rings. The SMILES string of the molecule is c1ccc(-c2ccc3c(c2)oc2c(N(c4ccc(-c5cccc6c5oc5ccccc56)cc4)c4ccc(-c5cccc6c5sc5ccccc56)cc4)cccc23)cc1. The van der Waals surface area contributed by atoms with Gasteiger partial charge in [-0.3, -0.25) is 0 Å². The van der Waals surface area contributed by atoms with E-state index in [1.807, 2.05) is 29.5 Å². The van der Waals surface area contributed by atoms with Crippen LogP contribution < -0.4 is 4.90 Å². The normalized spacial score (nSPS) is 11.8. The average molecular weight is 760 g/mol. The van der Waals surface area contributed by atoms with Crippen LogP contribution in [0.3, 0.4) is 0 Å². The van der Waals surface area contributed by atoms with Crippen molar-refractivity contribution in [2.24, 2.45) is 0 Å². The molecule has 0 aliphatic rings. The molecule has 3 heterocycles. The van der Waals surface area contributed by atoms with Crippen molar-refractivity contribution < 1.29 is 8.83 Å². The third-order valence-corrected chi connectivity index (χ3v) is 12.7. The number of benzene rings is 9. The molecule has 272 valence electrons. The van der Waals surface area contributed by atoms with Crippen LogP contribution in [0.25, 0.3) is 97.4 Å². The summed E-state index contributed by atoms with van der Waals surface area (Å²) in [5.74, 6) is 0. The summed E-state index contributed by atoms with van der Waals surface area (Å²) in [6.07, 6.45) is 0. The maximum Gasteiger partial charge on any atom is 0.159 e. The highest BCUT2D eigenvalue weighted by atomic mass is 32.1. The molecule has 0 saturated carbocycles. The van der Waals surface area contributed by atoms with E-state index >= 15 is 0 Å². The number of nitrogens with zero attached hydrogens (tertiary/aromatic N) is 1. The van der Waals surface area contributed by atoms with Gasteiger partial charge < -0.3 is 13.7 Å². The summed E-state index contributed by atoms with van der Waals surface area (Å²) in [7, 11) is 0. The second-order valence-electron chi connectivity index (χ2n) is 14.8. The van der Waals surface area contributed by atoms with Crippen LogP contribution in [0.15, 0.2) is 209 Å². The molecule has 4 heteroatoms. The highest BCUT2D eigenvalue weighted by molar-refractivity contribution is 7.26. The first-order chi connectivity index (χ1) is 28.7. The van der Waals surface area contributed by atoms with Gasteiger partial charge in [0.05, 0.1) is 5.69 Å².